The average Bonchev–Trinajstić information content (AvgIpc) is 2.42. The molecular weight excluding hydrogens is 311 g/mol. The molecule has 1 atom stereocenters. The van der Waals surface area contributed by atoms with Crippen LogP contribution in [0, 0.1) is 5.41 Å². The smallest absolute Gasteiger partial charge is 0.239 e. The van der Waals surface area contributed by atoms with E-state index in [9.17, 15) is 9.59 Å². The summed E-state index contributed by atoms with van der Waals surface area (Å²) >= 11 is 11.7. The van der Waals surface area contributed by atoms with Crippen molar-refractivity contribution in [1.82, 2.24) is 5.32 Å². The van der Waals surface area contributed by atoms with Gasteiger partial charge in [0, 0.05) is 11.7 Å². The molecule has 1 unspecified atom stereocenters. The van der Waals surface area contributed by atoms with E-state index in [-0.39, 0.29) is 11.9 Å². The normalized spacial score (nSPS) is 12.7. The Morgan fingerprint density at radius 1 is 1.19 bits per heavy atom. The van der Waals surface area contributed by atoms with Crippen LogP contribution in [0.1, 0.15) is 34.1 Å². The molecule has 2 amide bonds. The minimum absolute atomic E-state index is 0.0227. The second-order valence-corrected chi connectivity index (χ2v) is 6.31. The maximum absolute atomic E-state index is 12.3. The van der Waals surface area contributed by atoms with Gasteiger partial charge in [-0.05, 0) is 45.4 Å². The predicted octanol–water partition coefficient (Wildman–Crippen LogP) is 3.87. The number of carbonyl (C=O) groups is 2. The van der Waals surface area contributed by atoms with Crippen molar-refractivity contribution in [3.05, 3.63) is 28.2 Å². The Kier molecular flexibility index (Phi) is 6.05. The number of anilines is 1. The van der Waals surface area contributed by atoms with E-state index in [2.05, 4.69) is 10.6 Å². The molecule has 0 spiro atoms. The second kappa shape index (κ2) is 7.14. The molecule has 0 aliphatic rings. The first kappa shape index (κ1) is 17.8. The van der Waals surface area contributed by atoms with Crippen molar-refractivity contribution in [2.75, 3.05) is 5.32 Å². The summed E-state index contributed by atoms with van der Waals surface area (Å²) in [6, 6.07) is 4.79. The zero-order chi connectivity index (χ0) is 16.2. The van der Waals surface area contributed by atoms with Gasteiger partial charge < -0.3 is 10.6 Å². The van der Waals surface area contributed by atoms with Gasteiger partial charge in [-0.25, -0.2) is 0 Å². The molecule has 0 saturated carbocycles. The highest BCUT2D eigenvalue weighted by atomic mass is 35.5. The van der Waals surface area contributed by atoms with Crippen LogP contribution < -0.4 is 10.6 Å². The van der Waals surface area contributed by atoms with Crippen LogP contribution in [0.5, 0.6) is 0 Å². The molecule has 2 N–H and O–H groups in total. The van der Waals surface area contributed by atoms with Crippen LogP contribution in [0.2, 0.25) is 10.0 Å². The fourth-order valence-electron chi connectivity index (χ4n) is 1.47. The lowest BCUT2D eigenvalue weighted by Crippen LogP contribution is -2.47. The summed E-state index contributed by atoms with van der Waals surface area (Å²) in [5.74, 6) is -0.712. The summed E-state index contributed by atoms with van der Waals surface area (Å²) < 4.78 is 0. The quantitative estimate of drug-likeness (QED) is 0.805. The van der Waals surface area contributed by atoms with E-state index in [1.807, 2.05) is 13.8 Å². The summed E-state index contributed by atoms with van der Waals surface area (Å²) in [6.07, 6.45) is 0.802. The number of benzene rings is 1. The van der Waals surface area contributed by atoms with Gasteiger partial charge in [-0.3, -0.25) is 9.59 Å². The van der Waals surface area contributed by atoms with Gasteiger partial charge >= 0.3 is 0 Å². The molecule has 0 aliphatic heterocycles. The van der Waals surface area contributed by atoms with Crippen LogP contribution in [-0.2, 0) is 9.59 Å². The van der Waals surface area contributed by atoms with Gasteiger partial charge in [0.15, 0.2) is 0 Å². The Morgan fingerprint density at radius 3 is 2.33 bits per heavy atom. The van der Waals surface area contributed by atoms with Crippen LogP contribution in [-0.4, -0.2) is 17.9 Å². The number of nitrogens with one attached hydrogen (secondary N) is 2. The molecular formula is C15H20Cl2N2O2. The topological polar surface area (TPSA) is 58.2 Å². The molecule has 0 fully saturated rings. The Bertz CT molecular complexity index is 544. The van der Waals surface area contributed by atoms with Crippen molar-refractivity contribution in [3.63, 3.8) is 0 Å². The van der Waals surface area contributed by atoms with Crippen molar-refractivity contribution >= 4 is 40.7 Å². The Labute approximate surface area is 135 Å². The van der Waals surface area contributed by atoms with Crippen molar-refractivity contribution in [1.29, 1.82) is 0 Å². The summed E-state index contributed by atoms with van der Waals surface area (Å²) in [6.45, 7) is 7.02. The molecule has 0 bridgehead atoms. The van der Waals surface area contributed by atoms with Crippen LogP contribution in [0.4, 0.5) is 5.69 Å². The third kappa shape index (κ3) is 4.61. The summed E-state index contributed by atoms with van der Waals surface area (Å²) in [7, 11) is 0. The molecule has 1 aromatic carbocycles. The fraction of sp³-hybridized carbons (Fsp3) is 0.467. The molecule has 0 aromatic heterocycles. The molecule has 0 aliphatic carbocycles. The van der Waals surface area contributed by atoms with Crippen LogP contribution >= 0.6 is 23.2 Å². The summed E-state index contributed by atoms with van der Waals surface area (Å²) in [5, 5.41) is 6.24. The average molecular weight is 331 g/mol. The maximum Gasteiger partial charge on any atom is 0.239 e. The standard InChI is InChI=1S/C15H20Cl2N2O2/c1-5-9(2)18-13(20)15(3,4)14(21)19-10-6-7-11(16)12(17)8-10/h6-9H,5H2,1-4H3,(H,18,20)(H,19,21). The molecule has 116 valence electrons. The van der Waals surface area contributed by atoms with Crippen molar-refractivity contribution in [3.8, 4) is 0 Å². The number of amides is 2. The molecule has 0 saturated heterocycles. The highest BCUT2D eigenvalue weighted by Gasteiger charge is 2.36. The predicted molar refractivity (Wildman–Crippen MR) is 86.8 cm³/mol. The van der Waals surface area contributed by atoms with Gasteiger partial charge in [-0.2, -0.15) is 0 Å². The molecule has 0 radical (unpaired) electrons. The van der Waals surface area contributed by atoms with Gasteiger partial charge in [0.05, 0.1) is 10.0 Å². The van der Waals surface area contributed by atoms with Crippen molar-refractivity contribution in [2.45, 2.75) is 40.2 Å². The van der Waals surface area contributed by atoms with Crippen molar-refractivity contribution < 1.29 is 9.59 Å². The zero-order valence-corrected chi connectivity index (χ0v) is 14.1. The van der Waals surface area contributed by atoms with Crippen LogP contribution in [0.15, 0.2) is 18.2 Å². The van der Waals surface area contributed by atoms with E-state index < -0.39 is 11.3 Å². The highest BCUT2D eigenvalue weighted by Crippen LogP contribution is 2.26. The first-order chi connectivity index (χ1) is 9.68. The van der Waals surface area contributed by atoms with Gasteiger partial charge in [0.1, 0.15) is 5.41 Å². The lowest BCUT2D eigenvalue weighted by Gasteiger charge is -2.24. The summed E-state index contributed by atoms with van der Waals surface area (Å²) in [5.41, 5.74) is -0.686. The molecule has 21 heavy (non-hydrogen) atoms. The molecule has 4 nitrogen and oxygen atoms in total. The third-order valence-electron chi connectivity index (χ3n) is 3.30. The van der Waals surface area contributed by atoms with Crippen molar-refractivity contribution in [2.24, 2.45) is 5.41 Å². The van der Waals surface area contributed by atoms with Gasteiger partial charge in [-0.1, -0.05) is 30.1 Å². The Balaban J connectivity index is 2.81. The second-order valence-electron chi connectivity index (χ2n) is 5.49. The minimum Gasteiger partial charge on any atom is -0.353 e. The highest BCUT2D eigenvalue weighted by molar-refractivity contribution is 6.42. The van der Waals surface area contributed by atoms with E-state index in [4.69, 9.17) is 23.2 Å². The number of halogens is 2. The van der Waals surface area contributed by atoms with E-state index in [1.165, 1.54) is 0 Å². The largest absolute Gasteiger partial charge is 0.353 e. The Hall–Kier alpha value is -1.26. The maximum atomic E-state index is 12.3. The number of hydrogen-bond acceptors (Lipinski definition) is 2. The summed E-state index contributed by atoms with van der Waals surface area (Å²) in [4.78, 5) is 24.5. The first-order valence-corrected chi connectivity index (χ1v) is 7.51. The lowest BCUT2D eigenvalue weighted by atomic mass is 9.90. The van der Waals surface area contributed by atoms with Crippen LogP contribution in [0.25, 0.3) is 0 Å². The lowest BCUT2D eigenvalue weighted by molar-refractivity contribution is -0.138. The molecule has 1 aromatic rings. The monoisotopic (exact) mass is 330 g/mol. The number of rotatable bonds is 5. The zero-order valence-electron chi connectivity index (χ0n) is 12.6. The van der Waals surface area contributed by atoms with Gasteiger partial charge in [-0.15, -0.1) is 0 Å². The number of carbonyl (C=O) groups excluding carboxylic acids is 2. The number of hydrogen-bond donors (Lipinski definition) is 2. The van der Waals surface area contributed by atoms with Gasteiger partial charge in [0.2, 0.25) is 11.8 Å². The SMILES string of the molecule is CCC(C)NC(=O)C(C)(C)C(=O)Nc1ccc(Cl)c(Cl)c1. The third-order valence-corrected chi connectivity index (χ3v) is 4.04. The molecule has 0 heterocycles. The van der Waals surface area contributed by atoms with Crippen LogP contribution in [0.3, 0.4) is 0 Å². The first-order valence-electron chi connectivity index (χ1n) is 6.76. The Morgan fingerprint density at radius 2 is 1.81 bits per heavy atom. The minimum atomic E-state index is -1.18. The van der Waals surface area contributed by atoms with E-state index >= 15 is 0 Å². The molecule has 6 heteroatoms. The van der Waals surface area contributed by atoms with E-state index in [0.717, 1.165) is 6.42 Å². The van der Waals surface area contributed by atoms with E-state index in [1.54, 1.807) is 32.0 Å². The molecule has 1 rings (SSSR count). The fourth-order valence-corrected chi connectivity index (χ4v) is 1.77. The van der Waals surface area contributed by atoms with Gasteiger partial charge in [0.25, 0.3) is 0 Å². The van der Waals surface area contributed by atoms with E-state index in [0.29, 0.717) is 15.7 Å².